The molecule has 168 valence electrons. The fourth-order valence-electron chi connectivity index (χ4n) is 4.72. The molecule has 33 heavy (non-hydrogen) atoms. The number of nitrogens with one attached hydrogen (secondary N) is 1. The van der Waals surface area contributed by atoms with Crippen molar-refractivity contribution in [1.29, 1.82) is 0 Å². The van der Waals surface area contributed by atoms with E-state index in [0.717, 1.165) is 44.8 Å². The first-order valence-corrected chi connectivity index (χ1v) is 11.3. The molecule has 4 nitrogen and oxygen atoms in total. The van der Waals surface area contributed by atoms with Crippen molar-refractivity contribution in [2.45, 2.75) is 46.6 Å². The predicted molar refractivity (Wildman–Crippen MR) is 135 cm³/mol. The second kappa shape index (κ2) is 8.70. The molecule has 1 fully saturated rings. The van der Waals surface area contributed by atoms with Crippen LogP contribution >= 0.6 is 0 Å². The van der Waals surface area contributed by atoms with Gasteiger partial charge in [-0.2, -0.15) is 0 Å². The molecule has 1 N–H and O–H groups in total. The van der Waals surface area contributed by atoms with Gasteiger partial charge in [0.25, 0.3) is 5.91 Å². The summed E-state index contributed by atoms with van der Waals surface area (Å²) in [5.41, 5.74) is 6.38. The molecular formula is C29H30N2O2. The fourth-order valence-corrected chi connectivity index (χ4v) is 4.72. The molecule has 0 radical (unpaired) electrons. The molecule has 4 heteroatoms. The monoisotopic (exact) mass is 438 g/mol. The lowest BCUT2D eigenvalue weighted by molar-refractivity contribution is -0.135. The van der Waals surface area contributed by atoms with Crippen LogP contribution in [0, 0.1) is 27.7 Å². The molecule has 1 saturated heterocycles. The molecule has 1 atom stereocenters. The van der Waals surface area contributed by atoms with Gasteiger partial charge in [-0.05, 0) is 68.5 Å². The lowest BCUT2D eigenvalue weighted by atomic mass is 9.75. The summed E-state index contributed by atoms with van der Waals surface area (Å²) in [5.74, 6) is -0.247. The number of carbonyl (C=O) groups is 2. The van der Waals surface area contributed by atoms with Crippen molar-refractivity contribution in [3.63, 3.8) is 0 Å². The minimum atomic E-state index is -1.10. The van der Waals surface area contributed by atoms with Gasteiger partial charge in [0.05, 0.1) is 6.42 Å². The number of amides is 2. The van der Waals surface area contributed by atoms with Crippen LogP contribution in [-0.2, 0) is 9.59 Å². The highest BCUT2D eigenvalue weighted by atomic mass is 16.2. The topological polar surface area (TPSA) is 49.4 Å². The van der Waals surface area contributed by atoms with Crippen molar-refractivity contribution in [1.82, 2.24) is 0 Å². The number of hydrogen-bond donors (Lipinski definition) is 1. The van der Waals surface area contributed by atoms with Crippen LogP contribution in [0.4, 0.5) is 11.4 Å². The van der Waals surface area contributed by atoms with E-state index in [2.05, 4.69) is 5.32 Å². The Kier molecular flexibility index (Phi) is 5.94. The molecule has 0 bridgehead atoms. The van der Waals surface area contributed by atoms with Crippen LogP contribution in [0.1, 0.15) is 41.2 Å². The lowest BCUT2D eigenvalue weighted by Crippen LogP contribution is -2.70. The largest absolute Gasteiger partial charge is 0.323 e. The second-order valence-electron chi connectivity index (χ2n) is 9.02. The molecule has 1 heterocycles. The van der Waals surface area contributed by atoms with Gasteiger partial charge in [-0.3, -0.25) is 14.5 Å². The maximum atomic E-state index is 14.0. The average Bonchev–Trinajstić information content (AvgIpc) is 2.76. The summed E-state index contributed by atoms with van der Waals surface area (Å²) in [5, 5.41) is 3.17. The van der Waals surface area contributed by atoms with Crippen LogP contribution in [0.3, 0.4) is 0 Å². The van der Waals surface area contributed by atoms with E-state index in [1.807, 2.05) is 107 Å². The Hall–Kier alpha value is -3.66. The van der Waals surface area contributed by atoms with Crippen LogP contribution in [0.2, 0.25) is 0 Å². The zero-order valence-electron chi connectivity index (χ0n) is 19.9. The number of aryl methyl sites for hydroxylation is 4. The Bertz CT molecular complexity index is 1240. The normalized spacial score (nSPS) is 18.2. The van der Waals surface area contributed by atoms with Crippen LogP contribution in [0.25, 0.3) is 6.08 Å². The van der Waals surface area contributed by atoms with Gasteiger partial charge in [0.15, 0.2) is 5.54 Å². The van der Waals surface area contributed by atoms with Gasteiger partial charge in [0.1, 0.15) is 0 Å². The van der Waals surface area contributed by atoms with Crippen LogP contribution in [0.5, 0.6) is 0 Å². The van der Waals surface area contributed by atoms with Gasteiger partial charge in [0.2, 0.25) is 5.91 Å². The molecule has 3 aromatic rings. The first-order valence-electron chi connectivity index (χ1n) is 11.3. The molecule has 0 unspecified atom stereocenters. The summed E-state index contributed by atoms with van der Waals surface area (Å²) in [4.78, 5) is 28.7. The Morgan fingerprint density at radius 1 is 0.909 bits per heavy atom. The Morgan fingerprint density at radius 3 is 2.18 bits per heavy atom. The first-order chi connectivity index (χ1) is 15.7. The van der Waals surface area contributed by atoms with E-state index < -0.39 is 5.54 Å². The molecule has 0 spiro atoms. The van der Waals surface area contributed by atoms with E-state index >= 15 is 0 Å². The van der Waals surface area contributed by atoms with Gasteiger partial charge in [-0.1, -0.05) is 72.3 Å². The molecule has 3 aromatic carbocycles. The number of nitrogens with zero attached hydrogens (tertiary/aromatic N) is 1. The van der Waals surface area contributed by atoms with Crippen molar-refractivity contribution < 1.29 is 9.59 Å². The first kappa shape index (κ1) is 22.5. The summed E-state index contributed by atoms with van der Waals surface area (Å²) in [6.45, 7) is 9.92. The Morgan fingerprint density at radius 2 is 1.58 bits per heavy atom. The number of carbonyl (C=O) groups excluding carboxylic acids is 2. The van der Waals surface area contributed by atoms with E-state index in [9.17, 15) is 9.59 Å². The van der Waals surface area contributed by atoms with E-state index in [4.69, 9.17) is 0 Å². The highest BCUT2D eigenvalue weighted by Gasteiger charge is 2.58. The summed E-state index contributed by atoms with van der Waals surface area (Å²) in [6.07, 6.45) is 2.14. The third-order valence-electron chi connectivity index (χ3n) is 6.56. The molecule has 4 rings (SSSR count). The number of anilines is 2. The highest BCUT2D eigenvalue weighted by Crippen LogP contribution is 2.45. The summed E-state index contributed by atoms with van der Waals surface area (Å²) in [7, 11) is 0. The maximum absolute atomic E-state index is 14.0. The molecule has 1 aliphatic heterocycles. The smallest absolute Gasteiger partial charge is 0.255 e. The van der Waals surface area contributed by atoms with Crippen molar-refractivity contribution >= 4 is 29.3 Å². The fraction of sp³-hybridized carbons (Fsp3) is 0.241. The molecule has 0 aliphatic carbocycles. The van der Waals surface area contributed by atoms with Gasteiger partial charge in [-0.25, -0.2) is 0 Å². The maximum Gasteiger partial charge on any atom is 0.255 e. The SMILES string of the molecule is C/C(=C\c1ccccc1)[C@]1(C(=O)Nc2c(C)cccc2C)CC(=O)N1c1ccc(C)cc1C. The third-order valence-corrected chi connectivity index (χ3v) is 6.56. The van der Waals surface area contributed by atoms with Crippen LogP contribution in [0.15, 0.2) is 72.3 Å². The number of rotatable bonds is 5. The Labute approximate surface area is 195 Å². The lowest BCUT2D eigenvalue weighted by Gasteiger charge is -2.51. The number of hydrogen-bond acceptors (Lipinski definition) is 2. The van der Waals surface area contributed by atoms with E-state index in [-0.39, 0.29) is 18.2 Å². The number of benzene rings is 3. The highest BCUT2D eigenvalue weighted by molar-refractivity contribution is 6.19. The summed E-state index contributed by atoms with van der Waals surface area (Å²) in [6, 6.07) is 21.8. The minimum absolute atomic E-state index is 0.0561. The minimum Gasteiger partial charge on any atom is -0.323 e. The predicted octanol–water partition coefficient (Wildman–Crippen LogP) is 6.14. The van der Waals surface area contributed by atoms with Crippen molar-refractivity contribution in [3.05, 3.63) is 100 Å². The standard InChI is InChI=1S/C29H30N2O2/c1-19-14-15-25(22(4)16-19)31-26(32)18-29(31,23(5)17-24-12-7-6-8-13-24)28(33)30-27-20(2)10-9-11-21(27)3/h6-17H,18H2,1-5H3,(H,30,33)/b23-17+/t29-/m0/s1. The summed E-state index contributed by atoms with van der Waals surface area (Å²) < 4.78 is 0. The van der Waals surface area contributed by atoms with Crippen LogP contribution < -0.4 is 10.2 Å². The van der Waals surface area contributed by atoms with Gasteiger partial charge in [0, 0.05) is 11.4 Å². The van der Waals surface area contributed by atoms with Gasteiger partial charge >= 0.3 is 0 Å². The van der Waals surface area contributed by atoms with E-state index in [1.165, 1.54) is 0 Å². The molecule has 0 saturated carbocycles. The zero-order valence-corrected chi connectivity index (χ0v) is 19.9. The van der Waals surface area contributed by atoms with Gasteiger partial charge < -0.3 is 5.32 Å². The van der Waals surface area contributed by atoms with Gasteiger partial charge in [-0.15, -0.1) is 0 Å². The van der Waals surface area contributed by atoms with E-state index in [0.29, 0.717) is 0 Å². The zero-order chi connectivity index (χ0) is 23.8. The molecule has 0 aromatic heterocycles. The second-order valence-corrected chi connectivity index (χ2v) is 9.02. The van der Waals surface area contributed by atoms with Crippen molar-refractivity contribution in [2.75, 3.05) is 10.2 Å². The molecule has 1 aliphatic rings. The molecular weight excluding hydrogens is 408 g/mol. The van der Waals surface area contributed by atoms with E-state index in [1.54, 1.807) is 4.90 Å². The quantitative estimate of drug-likeness (QED) is 0.487. The number of para-hydroxylation sites is 1. The Balaban J connectivity index is 1.84. The third kappa shape index (κ3) is 3.97. The molecule has 2 amide bonds. The average molecular weight is 439 g/mol. The summed E-state index contributed by atoms with van der Waals surface area (Å²) >= 11 is 0. The van der Waals surface area contributed by atoms with Crippen molar-refractivity contribution in [3.8, 4) is 0 Å². The number of β-lactam (4-membered cyclic amide) rings is 1. The van der Waals surface area contributed by atoms with Crippen LogP contribution in [-0.4, -0.2) is 17.4 Å². The van der Waals surface area contributed by atoms with Crippen molar-refractivity contribution in [2.24, 2.45) is 0 Å².